The molecule has 96 valence electrons. The van der Waals surface area contributed by atoms with Crippen LogP contribution >= 0.6 is 31.9 Å². The van der Waals surface area contributed by atoms with E-state index in [1.807, 2.05) is 6.07 Å². The Morgan fingerprint density at radius 3 is 2.44 bits per heavy atom. The van der Waals surface area contributed by atoms with Gasteiger partial charge in [-0.15, -0.1) is 0 Å². The van der Waals surface area contributed by atoms with Crippen molar-refractivity contribution >= 4 is 37.8 Å². The van der Waals surface area contributed by atoms with Gasteiger partial charge in [-0.2, -0.15) is 0 Å². The van der Waals surface area contributed by atoms with Crippen molar-refractivity contribution in [2.45, 2.75) is 6.10 Å². The van der Waals surface area contributed by atoms with Crippen LogP contribution in [0.5, 0.6) is 11.5 Å². The zero-order valence-electron chi connectivity index (χ0n) is 9.70. The summed E-state index contributed by atoms with van der Waals surface area (Å²) in [4.78, 5) is 11.5. The molecule has 1 atom stereocenters. The summed E-state index contributed by atoms with van der Waals surface area (Å²) in [6.07, 6.45) is -0.493. The second kappa shape index (κ2) is 5.32. The minimum Gasteiger partial charge on any atom is -0.497 e. The van der Waals surface area contributed by atoms with Gasteiger partial charge in [0.2, 0.25) is 0 Å². The van der Waals surface area contributed by atoms with Gasteiger partial charge in [0.15, 0.2) is 6.10 Å². The summed E-state index contributed by atoms with van der Waals surface area (Å²) in [5.74, 6) is 0.884. The number of carbonyl (C=O) groups excluding carboxylic acids is 1. The Bertz CT molecular complexity index is 525. The minimum atomic E-state index is -0.493. The highest BCUT2D eigenvalue weighted by atomic mass is 79.9. The first kappa shape index (κ1) is 13.4. The van der Waals surface area contributed by atoms with Gasteiger partial charge in [-0.1, -0.05) is 0 Å². The highest BCUT2D eigenvalue weighted by molar-refractivity contribution is 9.14. The fraction of sp³-hybridized carbons (Fsp3) is 0.250. The molecule has 18 heavy (non-hydrogen) atoms. The van der Waals surface area contributed by atoms with E-state index in [-0.39, 0.29) is 0 Å². The van der Waals surface area contributed by atoms with Gasteiger partial charge in [0.05, 0.1) is 18.7 Å². The molecule has 1 aliphatic rings. The van der Waals surface area contributed by atoms with Gasteiger partial charge in [0, 0.05) is 11.6 Å². The summed E-state index contributed by atoms with van der Waals surface area (Å²) in [5, 5.41) is 0. The summed E-state index contributed by atoms with van der Waals surface area (Å²) in [5.41, 5.74) is 0.757. The van der Waals surface area contributed by atoms with E-state index in [4.69, 9.17) is 14.2 Å². The van der Waals surface area contributed by atoms with Crippen LogP contribution in [0.4, 0.5) is 0 Å². The van der Waals surface area contributed by atoms with Crippen LogP contribution in [0.2, 0.25) is 0 Å². The molecule has 0 aliphatic carbocycles. The third kappa shape index (κ3) is 2.27. The largest absolute Gasteiger partial charge is 0.497 e. The molecule has 6 heteroatoms. The van der Waals surface area contributed by atoms with Crippen LogP contribution in [0.15, 0.2) is 27.2 Å². The zero-order chi connectivity index (χ0) is 13.3. The van der Waals surface area contributed by atoms with E-state index in [2.05, 4.69) is 31.9 Å². The zero-order valence-corrected chi connectivity index (χ0v) is 12.9. The summed E-state index contributed by atoms with van der Waals surface area (Å²) >= 11 is 6.52. The van der Waals surface area contributed by atoms with Crippen LogP contribution in [-0.4, -0.2) is 20.2 Å². The van der Waals surface area contributed by atoms with E-state index in [1.54, 1.807) is 26.4 Å². The number of carbonyl (C=O) groups is 1. The molecule has 1 aliphatic heterocycles. The Hall–Kier alpha value is -1.01. The molecule has 0 aromatic heterocycles. The molecular formula is C12H10Br2O4. The van der Waals surface area contributed by atoms with Crippen LogP contribution < -0.4 is 9.47 Å². The molecule has 1 aromatic rings. The Morgan fingerprint density at radius 2 is 1.94 bits per heavy atom. The molecule has 0 radical (unpaired) electrons. The van der Waals surface area contributed by atoms with Crippen molar-refractivity contribution < 1.29 is 19.0 Å². The first-order valence-electron chi connectivity index (χ1n) is 5.06. The number of esters is 1. The molecule has 1 aromatic carbocycles. The number of hydrogen-bond donors (Lipinski definition) is 0. The van der Waals surface area contributed by atoms with Gasteiger partial charge in [-0.05, 0) is 44.0 Å². The number of halogens is 2. The second-order valence-corrected chi connectivity index (χ2v) is 5.20. The topological polar surface area (TPSA) is 44.8 Å². The first-order valence-corrected chi connectivity index (χ1v) is 6.65. The maximum absolute atomic E-state index is 11.5. The van der Waals surface area contributed by atoms with Gasteiger partial charge < -0.3 is 14.2 Å². The highest BCUT2D eigenvalue weighted by Gasteiger charge is 2.34. The van der Waals surface area contributed by atoms with Crippen LogP contribution in [0.1, 0.15) is 11.7 Å². The van der Waals surface area contributed by atoms with Crippen LogP contribution in [-0.2, 0) is 9.53 Å². The number of hydrogen-bond acceptors (Lipinski definition) is 4. The normalized spacial score (nSPS) is 18.9. The monoisotopic (exact) mass is 376 g/mol. The van der Waals surface area contributed by atoms with E-state index in [0.717, 1.165) is 5.56 Å². The lowest BCUT2D eigenvalue weighted by Gasteiger charge is -2.15. The predicted molar refractivity (Wildman–Crippen MR) is 73.3 cm³/mol. The van der Waals surface area contributed by atoms with E-state index in [1.165, 1.54) is 0 Å². The number of methoxy groups -OCH3 is 2. The minimum absolute atomic E-state index is 0.394. The quantitative estimate of drug-likeness (QED) is 0.758. The molecule has 0 fully saturated rings. The van der Waals surface area contributed by atoms with Crippen molar-refractivity contribution in [3.05, 3.63) is 32.7 Å². The predicted octanol–water partition coefficient (Wildman–Crippen LogP) is 3.30. The maximum atomic E-state index is 11.5. The summed E-state index contributed by atoms with van der Waals surface area (Å²) in [7, 11) is 3.14. The van der Waals surface area contributed by atoms with E-state index in [0.29, 0.717) is 20.5 Å². The molecule has 1 unspecified atom stereocenters. The van der Waals surface area contributed by atoms with Crippen molar-refractivity contribution in [2.24, 2.45) is 0 Å². The molecule has 2 rings (SSSR count). The number of ether oxygens (including phenoxy) is 3. The molecule has 0 bridgehead atoms. The van der Waals surface area contributed by atoms with Gasteiger partial charge in [-0.25, -0.2) is 4.79 Å². The van der Waals surface area contributed by atoms with Crippen molar-refractivity contribution in [3.8, 4) is 11.5 Å². The molecule has 1 heterocycles. The standard InChI is InChI=1S/C12H10Br2O4/c1-16-6-3-4-7(8(5-6)17-2)11-9(13)10(14)12(15)18-11/h3-5,11H,1-2H3. The van der Waals surface area contributed by atoms with Crippen LogP contribution in [0.25, 0.3) is 0 Å². The number of rotatable bonds is 3. The molecule has 0 saturated heterocycles. The Kier molecular flexibility index (Phi) is 3.97. The average Bonchev–Trinajstić information content (AvgIpc) is 2.65. The lowest BCUT2D eigenvalue weighted by molar-refractivity contribution is -0.139. The van der Waals surface area contributed by atoms with E-state index >= 15 is 0 Å². The average molecular weight is 378 g/mol. The van der Waals surface area contributed by atoms with E-state index in [9.17, 15) is 4.79 Å². The Labute approximate surface area is 121 Å². The smallest absolute Gasteiger partial charge is 0.347 e. The highest BCUT2D eigenvalue weighted by Crippen LogP contribution is 2.44. The van der Waals surface area contributed by atoms with Gasteiger partial charge in [0.25, 0.3) is 0 Å². The first-order chi connectivity index (χ1) is 8.58. The summed E-state index contributed by atoms with van der Waals surface area (Å²) in [6, 6.07) is 5.34. The second-order valence-electron chi connectivity index (χ2n) is 3.56. The van der Waals surface area contributed by atoms with Crippen LogP contribution in [0.3, 0.4) is 0 Å². The number of cyclic esters (lactones) is 1. The van der Waals surface area contributed by atoms with Crippen molar-refractivity contribution in [1.82, 2.24) is 0 Å². The summed E-state index contributed by atoms with van der Waals surface area (Å²) in [6.45, 7) is 0. The number of benzene rings is 1. The molecule has 0 N–H and O–H groups in total. The van der Waals surface area contributed by atoms with Gasteiger partial charge in [0.1, 0.15) is 16.0 Å². The molecule has 0 saturated carbocycles. The third-order valence-electron chi connectivity index (χ3n) is 2.57. The van der Waals surface area contributed by atoms with Gasteiger partial charge >= 0.3 is 5.97 Å². The fourth-order valence-electron chi connectivity index (χ4n) is 1.66. The van der Waals surface area contributed by atoms with Crippen molar-refractivity contribution in [3.63, 3.8) is 0 Å². The molecule has 4 nitrogen and oxygen atoms in total. The van der Waals surface area contributed by atoms with Crippen molar-refractivity contribution in [2.75, 3.05) is 14.2 Å². The van der Waals surface area contributed by atoms with Gasteiger partial charge in [-0.3, -0.25) is 0 Å². The van der Waals surface area contributed by atoms with Crippen molar-refractivity contribution in [1.29, 1.82) is 0 Å². The van der Waals surface area contributed by atoms with Crippen LogP contribution in [0, 0.1) is 0 Å². The van der Waals surface area contributed by atoms with E-state index < -0.39 is 12.1 Å². The maximum Gasteiger partial charge on any atom is 0.347 e. The fourth-order valence-corrected chi connectivity index (χ4v) is 2.46. The third-order valence-corrected chi connectivity index (χ3v) is 4.66. The molecule has 0 spiro atoms. The SMILES string of the molecule is COc1ccc(C2OC(=O)C(Br)=C2Br)c(OC)c1. The summed E-state index contributed by atoms with van der Waals surface area (Å²) < 4.78 is 16.7. The molecule has 0 amide bonds. The lowest BCUT2D eigenvalue weighted by atomic mass is 10.1. The molecular weight excluding hydrogens is 368 g/mol. The Morgan fingerprint density at radius 1 is 1.22 bits per heavy atom. The Balaban J connectivity index is 2.44. The lowest BCUT2D eigenvalue weighted by Crippen LogP contribution is -2.04.